The van der Waals surface area contributed by atoms with Crippen LogP contribution in [0.2, 0.25) is 0 Å². The van der Waals surface area contributed by atoms with Gasteiger partial charge in [0.2, 0.25) is 5.91 Å². The van der Waals surface area contributed by atoms with Crippen molar-refractivity contribution in [3.8, 4) is 0 Å². The molecule has 0 spiro atoms. The van der Waals surface area contributed by atoms with Gasteiger partial charge in [0.05, 0.1) is 0 Å². The summed E-state index contributed by atoms with van der Waals surface area (Å²) in [5.41, 5.74) is 0. The molecule has 3 nitrogen and oxygen atoms in total. The van der Waals surface area contributed by atoms with E-state index in [2.05, 4.69) is 10.2 Å². The second kappa shape index (κ2) is 7.91. The second-order valence-electron chi connectivity index (χ2n) is 4.62. The van der Waals surface area contributed by atoms with Crippen LogP contribution in [0.4, 0.5) is 0 Å². The van der Waals surface area contributed by atoms with E-state index in [0.29, 0.717) is 5.92 Å². The predicted molar refractivity (Wildman–Crippen MR) is 67.8 cm³/mol. The van der Waals surface area contributed by atoms with Crippen LogP contribution in [0.15, 0.2) is 0 Å². The van der Waals surface area contributed by atoms with E-state index in [9.17, 15) is 4.79 Å². The van der Waals surface area contributed by atoms with Crippen LogP contribution in [0, 0.1) is 5.92 Å². The monoisotopic (exact) mass is 246 g/mol. The van der Waals surface area contributed by atoms with Gasteiger partial charge in [-0.15, -0.1) is 11.6 Å². The first-order chi connectivity index (χ1) is 7.72. The smallest absolute Gasteiger partial charge is 0.216 e. The van der Waals surface area contributed by atoms with Crippen LogP contribution in [-0.2, 0) is 4.79 Å². The van der Waals surface area contributed by atoms with Gasteiger partial charge in [-0.2, -0.15) is 0 Å². The van der Waals surface area contributed by atoms with E-state index >= 15 is 0 Å². The highest BCUT2D eigenvalue weighted by Gasteiger charge is 2.18. The molecule has 1 aliphatic rings. The molecule has 0 radical (unpaired) electrons. The summed E-state index contributed by atoms with van der Waals surface area (Å²) < 4.78 is 0. The van der Waals surface area contributed by atoms with Crippen LogP contribution >= 0.6 is 11.6 Å². The maximum atomic E-state index is 10.8. The molecule has 0 bridgehead atoms. The van der Waals surface area contributed by atoms with E-state index in [1.165, 1.54) is 38.9 Å². The summed E-state index contributed by atoms with van der Waals surface area (Å²) in [7, 11) is 0. The number of carbonyl (C=O) groups is 1. The summed E-state index contributed by atoms with van der Waals surface area (Å²) in [5.74, 6) is 1.54. The molecule has 1 rings (SSSR count). The van der Waals surface area contributed by atoms with Crippen LogP contribution < -0.4 is 5.32 Å². The van der Waals surface area contributed by atoms with Crippen molar-refractivity contribution in [3.05, 3.63) is 0 Å². The molecule has 0 aromatic heterocycles. The second-order valence-corrected chi connectivity index (χ2v) is 5.00. The van der Waals surface area contributed by atoms with Crippen molar-refractivity contribution < 1.29 is 4.79 Å². The van der Waals surface area contributed by atoms with Gasteiger partial charge >= 0.3 is 0 Å². The van der Waals surface area contributed by atoms with Gasteiger partial charge in [0.15, 0.2) is 0 Å². The molecular formula is C12H23ClN2O. The zero-order valence-electron chi connectivity index (χ0n) is 10.2. The number of alkyl halides is 1. The molecule has 0 unspecified atom stereocenters. The van der Waals surface area contributed by atoms with E-state index in [4.69, 9.17) is 11.6 Å². The molecule has 0 saturated carbocycles. The molecule has 1 fully saturated rings. The largest absolute Gasteiger partial charge is 0.356 e. The number of carbonyl (C=O) groups excluding carboxylic acids is 1. The normalized spacial score (nSPS) is 18.6. The van der Waals surface area contributed by atoms with E-state index in [1.54, 1.807) is 6.92 Å². The Balaban J connectivity index is 2.06. The third kappa shape index (κ3) is 5.71. The lowest BCUT2D eigenvalue weighted by atomic mass is 9.96. The average molecular weight is 247 g/mol. The Hall–Kier alpha value is -0.280. The standard InChI is InChI=1S/C12H23ClN2O/c1-11(16)14-10-12-4-8-15(9-5-12)7-3-2-6-13/h12H,2-10H2,1H3,(H,14,16). The van der Waals surface area contributed by atoms with Gasteiger partial charge in [0, 0.05) is 19.3 Å². The van der Waals surface area contributed by atoms with E-state index in [1.807, 2.05) is 0 Å². The number of hydrogen-bond acceptors (Lipinski definition) is 2. The third-order valence-electron chi connectivity index (χ3n) is 3.20. The van der Waals surface area contributed by atoms with Crippen molar-refractivity contribution in [2.75, 3.05) is 32.1 Å². The Bertz CT molecular complexity index is 203. The number of halogens is 1. The number of rotatable bonds is 6. The first kappa shape index (κ1) is 13.8. The molecule has 1 aliphatic heterocycles. The summed E-state index contributed by atoms with van der Waals surface area (Å²) in [5, 5.41) is 2.91. The fraction of sp³-hybridized carbons (Fsp3) is 0.917. The van der Waals surface area contributed by atoms with Crippen molar-refractivity contribution in [2.24, 2.45) is 5.92 Å². The maximum absolute atomic E-state index is 10.8. The predicted octanol–water partition coefficient (Wildman–Crippen LogP) is 1.85. The number of piperidine rings is 1. The minimum absolute atomic E-state index is 0.0875. The summed E-state index contributed by atoms with van der Waals surface area (Å²) in [6.45, 7) is 5.96. The number of unbranched alkanes of at least 4 members (excludes halogenated alkanes) is 1. The SMILES string of the molecule is CC(=O)NCC1CCN(CCCCCl)CC1. The zero-order chi connectivity index (χ0) is 11.8. The van der Waals surface area contributed by atoms with Gasteiger partial charge in [-0.3, -0.25) is 4.79 Å². The number of likely N-dealkylation sites (tertiary alicyclic amines) is 1. The summed E-state index contributed by atoms with van der Waals surface area (Å²) in [6, 6.07) is 0. The minimum atomic E-state index is 0.0875. The van der Waals surface area contributed by atoms with E-state index in [0.717, 1.165) is 18.8 Å². The molecule has 0 atom stereocenters. The third-order valence-corrected chi connectivity index (χ3v) is 3.47. The van der Waals surface area contributed by atoms with Crippen molar-refractivity contribution in [1.82, 2.24) is 10.2 Å². The first-order valence-electron chi connectivity index (χ1n) is 6.25. The van der Waals surface area contributed by atoms with Crippen LogP contribution in [-0.4, -0.2) is 42.9 Å². The summed E-state index contributed by atoms with van der Waals surface area (Å²) in [6.07, 6.45) is 4.75. The number of nitrogens with one attached hydrogen (secondary N) is 1. The Morgan fingerprint density at radius 1 is 1.38 bits per heavy atom. The molecular weight excluding hydrogens is 224 g/mol. The zero-order valence-corrected chi connectivity index (χ0v) is 10.9. The molecule has 0 aromatic carbocycles. The van der Waals surface area contributed by atoms with Gasteiger partial charge in [0.1, 0.15) is 0 Å². The van der Waals surface area contributed by atoms with Crippen LogP contribution in [0.25, 0.3) is 0 Å². The van der Waals surface area contributed by atoms with E-state index < -0.39 is 0 Å². The Morgan fingerprint density at radius 2 is 2.06 bits per heavy atom. The van der Waals surface area contributed by atoms with Gasteiger partial charge in [0.25, 0.3) is 0 Å². The van der Waals surface area contributed by atoms with Crippen LogP contribution in [0.5, 0.6) is 0 Å². The lowest BCUT2D eigenvalue weighted by Crippen LogP contribution is -2.38. The van der Waals surface area contributed by atoms with Gasteiger partial charge < -0.3 is 10.2 Å². The number of amides is 1. The fourth-order valence-electron chi connectivity index (χ4n) is 2.13. The molecule has 0 aromatic rings. The molecule has 4 heteroatoms. The number of hydrogen-bond donors (Lipinski definition) is 1. The van der Waals surface area contributed by atoms with Crippen molar-refractivity contribution in [1.29, 1.82) is 0 Å². The molecule has 0 aliphatic carbocycles. The fourth-order valence-corrected chi connectivity index (χ4v) is 2.32. The minimum Gasteiger partial charge on any atom is -0.356 e. The molecule has 1 heterocycles. The molecule has 94 valence electrons. The molecule has 16 heavy (non-hydrogen) atoms. The summed E-state index contributed by atoms with van der Waals surface area (Å²) >= 11 is 5.65. The van der Waals surface area contributed by atoms with Gasteiger partial charge in [-0.1, -0.05) is 0 Å². The lowest BCUT2D eigenvalue weighted by Gasteiger charge is -2.31. The quantitative estimate of drug-likeness (QED) is 0.573. The number of nitrogens with zero attached hydrogens (tertiary/aromatic N) is 1. The van der Waals surface area contributed by atoms with Crippen LogP contribution in [0.1, 0.15) is 32.6 Å². The highest BCUT2D eigenvalue weighted by atomic mass is 35.5. The van der Waals surface area contributed by atoms with Crippen molar-refractivity contribution >= 4 is 17.5 Å². The highest BCUT2D eigenvalue weighted by molar-refractivity contribution is 6.17. The molecule has 1 N–H and O–H groups in total. The van der Waals surface area contributed by atoms with Gasteiger partial charge in [-0.05, 0) is 51.2 Å². The summed E-state index contributed by atoms with van der Waals surface area (Å²) in [4.78, 5) is 13.3. The molecule has 1 amide bonds. The maximum Gasteiger partial charge on any atom is 0.216 e. The van der Waals surface area contributed by atoms with E-state index in [-0.39, 0.29) is 5.91 Å². The highest BCUT2D eigenvalue weighted by Crippen LogP contribution is 2.16. The average Bonchev–Trinajstić information content (AvgIpc) is 2.28. The topological polar surface area (TPSA) is 32.3 Å². The Kier molecular flexibility index (Phi) is 6.81. The lowest BCUT2D eigenvalue weighted by molar-refractivity contribution is -0.119. The van der Waals surface area contributed by atoms with Gasteiger partial charge in [-0.25, -0.2) is 0 Å². The Labute approximate surface area is 104 Å². The van der Waals surface area contributed by atoms with Crippen LogP contribution in [0.3, 0.4) is 0 Å². The van der Waals surface area contributed by atoms with Crippen molar-refractivity contribution in [2.45, 2.75) is 32.6 Å². The molecule has 1 saturated heterocycles. The first-order valence-corrected chi connectivity index (χ1v) is 6.78. The van der Waals surface area contributed by atoms with Crippen molar-refractivity contribution in [3.63, 3.8) is 0 Å². The Morgan fingerprint density at radius 3 is 2.62 bits per heavy atom.